The van der Waals surface area contributed by atoms with Gasteiger partial charge in [0.1, 0.15) is 5.82 Å². The van der Waals surface area contributed by atoms with Gasteiger partial charge in [-0.05, 0) is 73.6 Å². The first-order valence-corrected chi connectivity index (χ1v) is 11.3. The van der Waals surface area contributed by atoms with Crippen LogP contribution in [0.15, 0.2) is 71.8 Å². The van der Waals surface area contributed by atoms with Crippen LogP contribution in [0.2, 0.25) is 0 Å². The molecule has 7 nitrogen and oxygen atoms in total. The summed E-state index contributed by atoms with van der Waals surface area (Å²) in [6, 6.07) is 16.0. The van der Waals surface area contributed by atoms with E-state index in [0.717, 1.165) is 16.6 Å². The van der Waals surface area contributed by atoms with Crippen LogP contribution in [-0.2, 0) is 16.6 Å². The molecule has 0 aliphatic carbocycles. The largest absolute Gasteiger partial charge is 0.348 e. The zero-order valence-electron chi connectivity index (χ0n) is 17.5. The summed E-state index contributed by atoms with van der Waals surface area (Å²) in [6.45, 7) is 2.12. The normalized spacial score (nSPS) is 11.6. The third kappa shape index (κ3) is 4.25. The highest BCUT2D eigenvalue weighted by molar-refractivity contribution is 7.89. The first-order chi connectivity index (χ1) is 15.3. The van der Waals surface area contributed by atoms with Crippen molar-refractivity contribution in [3.05, 3.63) is 89.4 Å². The molecule has 9 heteroatoms. The molecule has 164 valence electrons. The number of fused-ring (bicyclic) bond motifs is 1. The van der Waals surface area contributed by atoms with E-state index in [0.29, 0.717) is 16.6 Å². The molecular weight excluding hydrogens is 431 g/mol. The SMILES string of the molecule is CNS(=O)(=O)c1ccc(CNC(=O)c2cc(C)cc3c2cnn3-c2ccc(F)cc2)cc1. The first kappa shape index (κ1) is 21.7. The molecule has 0 aliphatic heterocycles. The molecule has 0 saturated carbocycles. The van der Waals surface area contributed by atoms with Crippen molar-refractivity contribution in [3.8, 4) is 5.69 Å². The van der Waals surface area contributed by atoms with E-state index in [-0.39, 0.29) is 23.2 Å². The topological polar surface area (TPSA) is 93.1 Å². The van der Waals surface area contributed by atoms with E-state index in [9.17, 15) is 17.6 Å². The maximum Gasteiger partial charge on any atom is 0.252 e. The number of nitrogens with one attached hydrogen (secondary N) is 2. The quantitative estimate of drug-likeness (QED) is 0.469. The maximum atomic E-state index is 13.3. The number of amides is 1. The summed E-state index contributed by atoms with van der Waals surface area (Å²) in [7, 11) is -2.16. The molecule has 0 bridgehead atoms. The van der Waals surface area contributed by atoms with Crippen LogP contribution in [-0.4, -0.2) is 31.2 Å². The zero-order chi connectivity index (χ0) is 22.9. The van der Waals surface area contributed by atoms with Gasteiger partial charge in [0.25, 0.3) is 5.91 Å². The summed E-state index contributed by atoms with van der Waals surface area (Å²) in [5.74, 6) is -0.609. The molecule has 0 saturated heterocycles. The van der Waals surface area contributed by atoms with Gasteiger partial charge in [-0.15, -0.1) is 0 Å². The van der Waals surface area contributed by atoms with Crippen LogP contribution in [0.3, 0.4) is 0 Å². The molecule has 0 spiro atoms. The van der Waals surface area contributed by atoms with E-state index in [4.69, 9.17) is 0 Å². The molecule has 32 heavy (non-hydrogen) atoms. The molecule has 0 aliphatic rings. The van der Waals surface area contributed by atoms with E-state index in [1.807, 2.05) is 13.0 Å². The van der Waals surface area contributed by atoms with E-state index < -0.39 is 10.0 Å². The molecule has 0 unspecified atom stereocenters. The highest BCUT2D eigenvalue weighted by Crippen LogP contribution is 2.24. The van der Waals surface area contributed by atoms with Gasteiger partial charge >= 0.3 is 0 Å². The van der Waals surface area contributed by atoms with Crippen molar-refractivity contribution in [2.24, 2.45) is 0 Å². The van der Waals surface area contributed by atoms with Crippen molar-refractivity contribution in [2.45, 2.75) is 18.4 Å². The highest BCUT2D eigenvalue weighted by Gasteiger charge is 2.16. The Bertz CT molecular complexity index is 1400. The molecule has 3 aromatic carbocycles. The molecule has 4 aromatic rings. The number of nitrogens with zero attached hydrogens (tertiary/aromatic N) is 2. The van der Waals surface area contributed by atoms with E-state index >= 15 is 0 Å². The summed E-state index contributed by atoms with van der Waals surface area (Å²) in [6.07, 6.45) is 1.62. The van der Waals surface area contributed by atoms with Gasteiger partial charge in [-0.25, -0.2) is 22.2 Å². The lowest BCUT2D eigenvalue weighted by Crippen LogP contribution is -2.23. The van der Waals surface area contributed by atoms with Crippen molar-refractivity contribution in [1.82, 2.24) is 19.8 Å². The predicted molar refractivity (Wildman–Crippen MR) is 120 cm³/mol. The Balaban J connectivity index is 1.58. The minimum absolute atomic E-state index is 0.156. The Morgan fingerprint density at radius 2 is 1.75 bits per heavy atom. The number of aromatic nitrogens is 2. The molecule has 0 fully saturated rings. The lowest BCUT2D eigenvalue weighted by molar-refractivity contribution is 0.0952. The fraction of sp³-hybridized carbons (Fsp3) is 0.130. The van der Waals surface area contributed by atoms with E-state index in [1.54, 1.807) is 41.2 Å². The summed E-state index contributed by atoms with van der Waals surface area (Å²) in [5.41, 5.74) is 3.55. The van der Waals surface area contributed by atoms with Crippen LogP contribution in [0.1, 0.15) is 21.5 Å². The summed E-state index contributed by atoms with van der Waals surface area (Å²) >= 11 is 0. The number of halogens is 1. The summed E-state index contributed by atoms with van der Waals surface area (Å²) < 4.78 is 40.9. The standard InChI is InChI=1S/C23H21FN4O3S/c1-15-11-20(21-14-27-28(22(21)12-15)18-7-5-17(24)6-8-18)23(29)26-13-16-3-9-19(10-4-16)32(30,31)25-2/h3-12,14,25H,13H2,1-2H3,(H,26,29). The van der Waals surface area contributed by atoms with Gasteiger partial charge in [0, 0.05) is 11.9 Å². The average molecular weight is 453 g/mol. The van der Waals surface area contributed by atoms with Crippen LogP contribution in [0, 0.1) is 12.7 Å². The molecule has 1 aromatic heterocycles. The fourth-order valence-electron chi connectivity index (χ4n) is 3.42. The third-order valence-electron chi connectivity index (χ3n) is 5.10. The Morgan fingerprint density at radius 3 is 2.41 bits per heavy atom. The Labute approximate surface area is 184 Å². The third-order valence-corrected chi connectivity index (χ3v) is 6.53. The van der Waals surface area contributed by atoms with E-state index in [1.165, 1.54) is 31.3 Å². The second-order valence-electron chi connectivity index (χ2n) is 7.31. The number of hydrogen-bond donors (Lipinski definition) is 2. The molecular formula is C23H21FN4O3S. The Kier molecular flexibility index (Phi) is 5.77. The number of aryl methyl sites for hydroxylation is 1. The molecule has 0 atom stereocenters. The minimum Gasteiger partial charge on any atom is -0.348 e. The molecule has 1 amide bonds. The van der Waals surface area contributed by atoms with Crippen LogP contribution in [0.4, 0.5) is 4.39 Å². The number of carbonyl (C=O) groups is 1. The Hall–Kier alpha value is -3.56. The van der Waals surface area contributed by atoms with Gasteiger partial charge in [-0.3, -0.25) is 4.79 Å². The van der Waals surface area contributed by atoms with Crippen molar-refractivity contribution in [2.75, 3.05) is 7.05 Å². The first-order valence-electron chi connectivity index (χ1n) is 9.83. The molecule has 1 heterocycles. The Morgan fingerprint density at radius 1 is 1.06 bits per heavy atom. The predicted octanol–water partition coefficient (Wildman–Crippen LogP) is 3.31. The zero-order valence-corrected chi connectivity index (χ0v) is 18.3. The van der Waals surface area contributed by atoms with Crippen molar-refractivity contribution in [1.29, 1.82) is 0 Å². The lowest BCUT2D eigenvalue weighted by Gasteiger charge is -2.10. The number of benzene rings is 3. The average Bonchev–Trinajstić information content (AvgIpc) is 3.21. The van der Waals surface area contributed by atoms with Crippen LogP contribution >= 0.6 is 0 Å². The number of sulfonamides is 1. The van der Waals surface area contributed by atoms with E-state index in [2.05, 4.69) is 15.1 Å². The van der Waals surface area contributed by atoms with Crippen molar-refractivity contribution in [3.63, 3.8) is 0 Å². The number of carbonyl (C=O) groups excluding carboxylic acids is 1. The fourth-order valence-corrected chi connectivity index (χ4v) is 4.15. The van der Waals surface area contributed by atoms with Crippen LogP contribution in [0.5, 0.6) is 0 Å². The number of hydrogen-bond acceptors (Lipinski definition) is 4. The number of rotatable bonds is 6. The van der Waals surface area contributed by atoms with Gasteiger partial charge in [-0.1, -0.05) is 12.1 Å². The second-order valence-corrected chi connectivity index (χ2v) is 9.20. The maximum absolute atomic E-state index is 13.3. The molecule has 0 radical (unpaired) electrons. The van der Waals surface area contributed by atoms with Crippen molar-refractivity contribution >= 4 is 26.8 Å². The molecule has 2 N–H and O–H groups in total. The minimum atomic E-state index is -3.51. The van der Waals surface area contributed by atoms with Gasteiger partial charge in [-0.2, -0.15) is 5.10 Å². The van der Waals surface area contributed by atoms with Gasteiger partial charge < -0.3 is 5.32 Å². The van der Waals surface area contributed by atoms with Crippen LogP contribution < -0.4 is 10.0 Å². The van der Waals surface area contributed by atoms with Gasteiger partial charge in [0.15, 0.2) is 0 Å². The van der Waals surface area contributed by atoms with Crippen molar-refractivity contribution < 1.29 is 17.6 Å². The van der Waals surface area contributed by atoms with Crippen LogP contribution in [0.25, 0.3) is 16.6 Å². The second kappa shape index (κ2) is 8.52. The lowest BCUT2D eigenvalue weighted by atomic mass is 10.1. The molecule has 4 rings (SSSR count). The van der Waals surface area contributed by atoms with Gasteiger partial charge in [0.05, 0.1) is 27.9 Å². The van der Waals surface area contributed by atoms with Gasteiger partial charge in [0.2, 0.25) is 10.0 Å². The smallest absolute Gasteiger partial charge is 0.252 e. The summed E-state index contributed by atoms with van der Waals surface area (Å²) in [4.78, 5) is 13.1. The highest BCUT2D eigenvalue weighted by atomic mass is 32.2. The monoisotopic (exact) mass is 452 g/mol. The summed E-state index contributed by atoms with van der Waals surface area (Å²) in [5, 5.41) is 7.94.